The third-order valence-electron chi connectivity index (χ3n) is 7.86. The van der Waals surface area contributed by atoms with Crippen LogP contribution < -0.4 is 16.0 Å². The lowest BCUT2D eigenvalue weighted by Crippen LogP contribution is -2.59. The zero-order valence-corrected chi connectivity index (χ0v) is 27.9. The Balaban J connectivity index is 1.88. The summed E-state index contributed by atoms with van der Waals surface area (Å²) in [6.07, 6.45) is 0.589. The van der Waals surface area contributed by atoms with E-state index in [1.807, 2.05) is 37.3 Å². The fourth-order valence-electron chi connectivity index (χ4n) is 5.24. The number of rotatable bonds is 18. The lowest BCUT2D eigenvalue weighted by molar-refractivity contribution is -0.136. The van der Waals surface area contributed by atoms with Gasteiger partial charge in [-0.15, -0.1) is 0 Å². The van der Waals surface area contributed by atoms with Crippen LogP contribution in [0.3, 0.4) is 0 Å². The van der Waals surface area contributed by atoms with Crippen molar-refractivity contribution in [1.29, 1.82) is 0 Å². The van der Waals surface area contributed by atoms with E-state index in [4.69, 9.17) is 0 Å². The number of nitrogens with one attached hydrogen (secondary N) is 3. The van der Waals surface area contributed by atoms with Crippen molar-refractivity contribution in [2.45, 2.75) is 70.9 Å². The molecule has 5 atom stereocenters. The zero-order chi connectivity index (χ0) is 34.4. The maximum atomic E-state index is 13.8. The van der Waals surface area contributed by atoms with Crippen molar-refractivity contribution in [2.75, 3.05) is 11.5 Å². The van der Waals surface area contributed by atoms with Gasteiger partial charge in [-0.3, -0.25) is 19.4 Å². The average Bonchev–Trinajstić information content (AvgIpc) is 3.06. The Hall–Kier alpha value is -4.13. The molecule has 0 bridgehead atoms. The summed E-state index contributed by atoms with van der Waals surface area (Å²) in [5, 5.41) is 31.1. The number of hydrogen-bond donors (Lipinski definition) is 5. The van der Waals surface area contributed by atoms with Gasteiger partial charge in [0, 0.05) is 18.9 Å². The second kappa shape index (κ2) is 18.3. The van der Waals surface area contributed by atoms with E-state index in [9.17, 15) is 33.0 Å². The number of benzene rings is 2. The van der Waals surface area contributed by atoms with Crippen LogP contribution in [0.4, 0.5) is 0 Å². The molecule has 0 aliphatic carbocycles. The fourth-order valence-corrected chi connectivity index (χ4v) is 6.87. The number of unbranched alkanes of at least 4 members (excludes halogenated alkanes) is 1. The van der Waals surface area contributed by atoms with E-state index in [1.54, 1.807) is 44.2 Å². The van der Waals surface area contributed by atoms with Gasteiger partial charge in [-0.05, 0) is 42.0 Å². The summed E-state index contributed by atoms with van der Waals surface area (Å²) in [6, 6.07) is 18.5. The van der Waals surface area contributed by atoms with Gasteiger partial charge in [0.15, 0.2) is 9.84 Å². The van der Waals surface area contributed by atoms with E-state index in [0.717, 1.165) is 5.56 Å². The van der Waals surface area contributed by atoms with Gasteiger partial charge in [-0.1, -0.05) is 87.9 Å². The van der Waals surface area contributed by atoms with Gasteiger partial charge in [-0.2, -0.15) is 0 Å². The first kappa shape index (κ1) is 37.3. The first-order valence-corrected chi connectivity index (χ1v) is 17.7. The number of sulfone groups is 1. The summed E-state index contributed by atoms with van der Waals surface area (Å²) in [6.45, 7) is 5.56. The molecule has 1 aromatic heterocycles. The maximum absolute atomic E-state index is 13.8. The summed E-state index contributed by atoms with van der Waals surface area (Å²) in [4.78, 5) is 44.1. The highest BCUT2D eigenvalue weighted by Gasteiger charge is 2.39. The SMILES string of the molecule is CCCCS(=O)(=O)CC(NC(=O)c1cccnc1)C(=O)N[C@@H](Cc1ccccc1)[C@@H](O)[C@H](O)[C@H](C(=O)NCc1ccccc1)C(C)C. The minimum absolute atomic E-state index is 0.0487. The molecular weight excluding hydrogens is 620 g/mol. The third-order valence-corrected chi connectivity index (χ3v) is 9.61. The van der Waals surface area contributed by atoms with Crippen molar-refractivity contribution in [2.24, 2.45) is 11.8 Å². The molecule has 3 aromatic rings. The van der Waals surface area contributed by atoms with E-state index in [-0.39, 0.29) is 24.3 Å². The van der Waals surface area contributed by atoms with Gasteiger partial charge in [0.2, 0.25) is 11.8 Å². The highest BCUT2D eigenvalue weighted by Crippen LogP contribution is 2.22. The summed E-state index contributed by atoms with van der Waals surface area (Å²) in [5.41, 5.74) is 1.71. The topological polar surface area (TPSA) is 175 Å². The van der Waals surface area contributed by atoms with Crippen molar-refractivity contribution in [1.82, 2.24) is 20.9 Å². The molecule has 0 aliphatic heterocycles. The first-order chi connectivity index (χ1) is 22.4. The van der Waals surface area contributed by atoms with Gasteiger partial charge >= 0.3 is 0 Å². The Morgan fingerprint density at radius 2 is 1.47 bits per heavy atom. The van der Waals surface area contributed by atoms with Gasteiger partial charge in [0.1, 0.15) is 12.1 Å². The Morgan fingerprint density at radius 1 is 0.830 bits per heavy atom. The summed E-state index contributed by atoms with van der Waals surface area (Å²) >= 11 is 0. The number of carbonyl (C=O) groups is 3. The molecule has 1 heterocycles. The minimum Gasteiger partial charge on any atom is -0.390 e. The molecule has 0 saturated heterocycles. The number of aliphatic hydroxyl groups excluding tert-OH is 2. The summed E-state index contributed by atoms with van der Waals surface area (Å²) in [5.74, 6) is -4.29. The number of nitrogens with zero attached hydrogens (tertiary/aromatic N) is 1. The molecule has 12 heteroatoms. The van der Waals surface area contributed by atoms with Crippen LogP contribution >= 0.6 is 0 Å². The monoisotopic (exact) mass is 666 g/mol. The van der Waals surface area contributed by atoms with Gasteiger partial charge in [-0.25, -0.2) is 8.42 Å². The molecule has 0 spiro atoms. The minimum atomic E-state index is -3.77. The number of hydrogen-bond acceptors (Lipinski definition) is 8. The third kappa shape index (κ3) is 11.9. The Kier molecular flexibility index (Phi) is 14.5. The van der Waals surface area contributed by atoms with E-state index >= 15 is 0 Å². The number of carbonyl (C=O) groups excluding carboxylic acids is 3. The molecule has 2 aromatic carbocycles. The first-order valence-electron chi connectivity index (χ1n) is 15.8. The molecule has 47 heavy (non-hydrogen) atoms. The number of pyridine rings is 1. The normalized spacial score (nSPS) is 14.8. The quantitative estimate of drug-likeness (QED) is 0.138. The van der Waals surface area contributed by atoms with Crippen molar-refractivity contribution < 1.29 is 33.0 Å². The predicted octanol–water partition coefficient (Wildman–Crippen LogP) is 2.43. The molecule has 254 valence electrons. The van der Waals surface area contributed by atoms with Crippen molar-refractivity contribution >= 4 is 27.6 Å². The Morgan fingerprint density at radius 3 is 2.04 bits per heavy atom. The highest BCUT2D eigenvalue weighted by atomic mass is 32.2. The second-order valence-corrected chi connectivity index (χ2v) is 14.2. The molecule has 0 fully saturated rings. The number of aliphatic hydroxyl groups is 2. The Labute approximate surface area is 277 Å². The Bertz CT molecular complexity index is 1520. The van der Waals surface area contributed by atoms with Gasteiger partial charge in [0.25, 0.3) is 5.91 Å². The number of amides is 3. The molecule has 5 N–H and O–H groups in total. The fraction of sp³-hybridized carbons (Fsp3) is 0.429. The maximum Gasteiger partial charge on any atom is 0.253 e. The summed E-state index contributed by atoms with van der Waals surface area (Å²) in [7, 11) is -3.77. The van der Waals surface area contributed by atoms with E-state index in [0.29, 0.717) is 18.4 Å². The second-order valence-electron chi connectivity index (χ2n) is 12.0. The van der Waals surface area contributed by atoms with Crippen LogP contribution in [0.2, 0.25) is 0 Å². The average molecular weight is 667 g/mol. The van der Waals surface area contributed by atoms with Crippen LogP contribution in [0.1, 0.15) is 55.1 Å². The molecule has 3 amide bonds. The van der Waals surface area contributed by atoms with Crippen molar-refractivity contribution in [3.8, 4) is 0 Å². The van der Waals surface area contributed by atoms with Crippen LogP contribution in [0.15, 0.2) is 85.2 Å². The van der Waals surface area contributed by atoms with Crippen LogP contribution in [0, 0.1) is 11.8 Å². The molecular formula is C35H46N4O7S. The zero-order valence-electron chi connectivity index (χ0n) is 27.1. The van der Waals surface area contributed by atoms with Crippen LogP contribution in [-0.2, 0) is 32.4 Å². The molecule has 0 aliphatic rings. The van der Waals surface area contributed by atoms with E-state index in [1.165, 1.54) is 24.5 Å². The highest BCUT2D eigenvalue weighted by molar-refractivity contribution is 7.91. The molecule has 11 nitrogen and oxygen atoms in total. The van der Waals surface area contributed by atoms with Crippen molar-refractivity contribution in [3.05, 3.63) is 102 Å². The standard InChI is InChI=1S/C35H46N4O7S/c1-4-5-19-47(45,46)23-29(39-33(42)27-17-12-18-36-22-27)34(43)38-28(20-25-13-8-6-9-14-25)31(40)32(41)30(24(2)3)35(44)37-21-26-15-10-7-11-16-26/h6-18,22,24,28-32,40-41H,4-5,19-21,23H2,1-3H3,(H,37,44)(H,38,43)(H,39,42)/t28-,29?,30+,31+,32+/m0/s1. The van der Waals surface area contributed by atoms with Crippen LogP contribution in [-0.4, -0.2) is 77.1 Å². The van der Waals surface area contributed by atoms with Gasteiger partial charge < -0.3 is 26.2 Å². The van der Waals surface area contributed by atoms with Crippen molar-refractivity contribution in [3.63, 3.8) is 0 Å². The van der Waals surface area contributed by atoms with Crippen LogP contribution in [0.5, 0.6) is 0 Å². The van der Waals surface area contributed by atoms with Gasteiger partial charge in [0.05, 0.1) is 35.1 Å². The molecule has 1 unspecified atom stereocenters. The lowest BCUT2D eigenvalue weighted by atomic mass is 9.83. The van der Waals surface area contributed by atoms with Crippen LogP contribution in [0.25, 0.3) is 0 Å². The molecule has 0 radical (unpaired) electrons. The van der Waals surface area contributed by atoms with E-state index in [2.05, 4.69) is 20.9 Å². The predicted molar refractivity (Wildman–Crippen MR) is 180 cm³/mol. The smallest absolute Gasteiger partial charge is 0.253 e. The summed E-state index contributed by atoms with van der Waals surface area (Å²) < 4.78 is 25.9. The number of aromatic nitrogens is 1. The van der Waals surface area contributed by atoms with E-state index < -0.39 is 69.4 Å². The lowest BCUT2D eigenvalue weighted by Gasteiger charge is -2.34. The molecule has 3 rings (SSSR count). The largest absolute Gasteiger partial charge is 0.390 e. The molecule has 0 saturated carbocycles.